The van der Waals surface area contributed by atoms with E-state index in [0.29, 0.717) is 17.9 Å². The van der Waals surface area contributed by atoms with E-state index < -0.39 is 5.82 Å². The lowest BCUT2D eigenvalue weighted by Gasteiger charge is -2.24. The molecule has 1 aromatic carbocycles. The predicted octanol–water partition coefficient (Wildman–Crippen LogP) is 2.45. The van der Waals surface area contributed by atoms with Gasteiger partial charge in [0.1, 0.15) is 11.6 Å². The van der Waals surface area contributed by atoms with Gasteiger partial charge < -0.3 is 9.64 Å². The van der Waals surface area contributed by atoms with Gasteiger partial charge in [-0.3, -0.25) is 14.3 Å². The van der Waals surface area contributed by atoms with E-state index in [9.17, 15) is 14.0 Å². The highest BCUT2D eigenvalue weighted by Crippen LogP contribution is 2.26. The number of hydrogen-bond acceptors (Lipinski definition) is 4. The van der Waals surface area contributed by atoms with Gasteiger partial charge in [0.2, 0.25) is 0 Å². The van der Waals surface area contributed by atoms with E-state index in [1.54, 1.807) is 28.9 Å². The quantitative estimate of drug-likeness (QED) is 0.781. The molecule has 1 aromatic heterocycles. The van der Waals surface area contributed by atoms with Gasteiger partial charge in [-0.15, -0.1) is 0 Å². The first-order chi connectivity index (χ1) is 12.0. The fourth-order valence-corrected chi connectivity index (χ4v) is 3.16. The van der Waals surface area contributed by atoms with Crippen molar-refractivity contribution < 1.29 is 18.7 Å². The topological polar surface area (TPSA) is 64.4 Å². The molecule has 0 radical (unpaired) electrons. The number of Topliss-reactive ketones (excluding diaryl/α,β-unsaturated/α-hetero) is 1. The molecule has 3 rings (SSSR count). The van der Waals surface area contributed by atoms with Crippen LogP contribution in [0.5, 0.6) is 5.75 Å². The number of carbonyl (C=O) groups excluding carboxylic acids is 2. The van der Waals surface area contributed by atoms with Crippen molar-refractivity contribution in [1.82, 2.24) is 14.7 Å². The minimum Gasteiger partial charge on any atom is -0.497 e. The van der Waals surface area contributed by atoms with E-state index >= 15 is 0 Å². The average Bonchev–Trinajstić information content (AvgIpc) is 3.23. The molecule has 0 aliphatic carbocycles. The number of methoxy groups -OCH3 is 1. The fraction of sp³-hybridized carbons (Fsp3) is 0.389. The summed E-state index contributed by atoms with van der Waals surface area (Å²) in [5, 5.41) is 4.00. The number of ketones is 1. The summed E-state index contributed by atoms with van der Waals surface area (Å²) in [4.78, 5) is 26.7. The maximum Gasteiger partial charge on any atom is 0.257 e. The molecule has 1 aliphatic heterocycles. The van der Waals surface area contributed by atoms with Crippen molar-refractivity contribution >= 4 is 11.7 Å². The number of benzene rings is 1. The molecule has 2 heterocycles. The second kappa shape index (κ2) is 7.04. The average molecular weight is 345 g/mol. The number of halogens is 1. The summed E-state index contributed by atoms with van der Waals surface area (Å²) in [6.45, 7) is 0.523. The number of ether oxygens (including phenoxy) is 1. The first-order valence-corrected chi connectivity index (χ1v) is 8.16. The molecule has 1 fully saturated rings. The second-order valence-electron chi connectivity index (χ2n) is 6.17. The molecule has 1 unspecified atom stereocenters. The Hall–Kier alpha value is -2.70. The molecule has 132 valence electrons. The highest BCUT2D eigenvalue weighted by molar-refractivity contribution is 5.98. The van der Waals surface area contributed by atoms with E-state index in [1.807, 2.05) is 0 Å². The van der Waals surface area contributed by atoms with Gasteiger partial charge in [-0.25, -0.2) is 4.39 Å². The van der Waals surface area contributed by atoms with Gasteiger partial charge in [-0.05, 0) is 25.0 Å². The van der Waals surface area contributed by atoms with Crippen molar-refractivity contribution in [3.63, 3.8) is 0 Å². The summed E-state index contributed by atoms with van der Waals surface area (Å²) in [6.07, 6.45) is 4.93. The van der Waals surface area contributed by atoms with Crippen molar-refractivity contribution in [3.8, 4) is 5.75 Å². The van der Waals surface area contributed by atoms with E-state index in [4.69, 9.17) is 4.74 Å². The van der Waals surface area contributed by atoms with Crippen LogP contribution in [-0.4, -0.2) is 46.1 Å². The molecule has 1 amide bonds. The molecule has 1 aliphatic rings. The SMILES string of the molecule is COc1ccc(C(=O)N2CCCC2CC(=O)c2cnn(C)c2)c(F)c1. The second-order valence-corrected chi connectivity index (χ2v) is 6.17. The third-order valence-corrected chi connectivity index (χ3v) is 4.49. The van der Waals surface area contributed by atoms with Crippen LogP contribution in [-0.2, 0) is 7.05 Å². The number of aromatic nitrogens is 2. The van der Waals surface area contributed by atoms with Crippen LogP contribution >= 0.6 is 0 Å². The van der Waals surface area contributed by atoms with E-state index in [1.165, 1.54) is 25.4 Å². The van der Waals surface area contributed by atoms with E-state index in [-0.39, 0.29) is 29.7 Å². The van der Waals surface area contributed by atoms with Crippen LogP contribution in [0.3, 0.4) is 0 Å². The smallest absolute Gasteiger partial charge is 0.257 e. The van der Waals surface area contributed by atoms with Crippen molar-refractivity contribution in [2.45, 2.75) is 25.3 Å². The Kier molecular flexibility index (Phi) is 4.83. The minimum absolute atomic E-state index is 0.00141. The molecule has 2 aromatic rings. The first kappa shape index (κ1) is 17.1. The summed E-state index contributed by atoms with van der Waals surface area (Å²) in [6, 6.07) is 3.96. The third-order valence-electron chi connectivity index (χ3n) is 4.49. The van der Waals surface area contributed by atoms with Gasteiger partial charge in [0.05, 0.1) is 24.4 Å². The number of hydrogen-bond donors (Lipinski definition) is 0. The maximum atomic E-state index is 14.2. The molecule has 0 spiro atoms. The minimum atomic E-state index is -0.617. The van der Waals surface area contributed by atoms with Crippen LogP contribution in [0.2, 0.25) is 0 Å². The fourth-order valence-electron chi connectivity index (χ4n) is 3.16. The number of rotatable bonds is 5. The van der Waals surface area contributed by atoms with Crippen molar-refractivity contribution in [2.24, 2.45) is 7.05 Å². The lowest BCUT2D eigenvalue weighted by molar-refractivity contribution is 0.0713. The maximum absolute atomic E-state index is 14.2. The summed E-state index contributed by atoms with van der Waals surface area (Å²) >= 11 is 0. The lowest BCUT2D eigenvalue weighted by atomic mass is 10.0. The standard InChI is InChI=1S/C18H20FN3O3/c1-21-11-12(10-20-21)17(23)8-13-4-3-7-22(13)18(24)15-6-5-14(25-2)9-16(15)19/h5-6,9-11,13H,3-4,7-8H2,1-2H3. The summed E-state index contributed by atoms with van der Waals surface area (Å²) in [5.41, 5.74) is 0.527. The first-order valence-electron chi connectivity index (χ1n) is 8.16. The molecule has 1 saturated heterocycles. The Labute approximate surface area is 145 Å². The summed E-state index contributed by atoms with van der Waals surface area (Å²) in [7, 11) is 3.19. The Morgan fingerprint density at radius 2 is 2.20 bits per heavy atom. The molecule has 6 nitrogen and oxygen atoms in total. The zero-order valence-corrected chi connectivity index (χ0v) is 14.2. The van der Waals surface area contributed by atoms with Crippen LogP contribution < -0.4 is 4.74 Å². The third kappa shape index (κ3) is 3.55. The van der Waals surface area contributed by atoms with Crippen LogP contribution in [0.15, 0.2) is 30.6 Å². The molecule has 0 N–H and O–H groups in total. The van der Waals surface area contributed by atoms with Crippen molar-refractivity contribution in [2.75, 3.05) is 13.7 Å². The van der Waals surface area contributed by atoms with Gasteiger partial charge in [-0.1, -0.05) is 0 Å². The van der Waals surface area contributed by atoms with Crippen molar-refractivity contribution in [3.05, 3.63) is 47.5 Å². The zero-order valence-electron chi connectivity index (χ0n) is 14.2. The van der Waals surface area contributed by atoms with Gasteiger partial charge in [0.15, 0.2) is 5.78 Å². The van der Waals surface area contributed by atoms with Gasteiger partial charge in [0, 0.05) is 38.3 Å². The lowest BCUT2D eigenvalue weighted by Crippen LogP contribution is -2.37. The van der Waals surface area contributed by atoms with Gasteiger partial charge in [0.25, 0.3) is 5.91 Å². The van der Waals surface area contributed by atoms with Gasteiger partial charge >= 0.3 is 0 Å². The van der Waals surface area contributed by atoms with E-state index in [2.05, 4.69) is 5.10 Å². The largest absolute Gasteiger partial charge is 0.497 e. The van der Waals surface area contributed by atoms with Crippen LogP contribution in [0, 0.1) is 5.82 Å². The number of aryl methyl sites for hydroxylation is 1. The number of nitrogens with zero attached hydrogens (tertiary/aromatic N) is 3. The molecular formula is C18H20FN3O3. The zero-order chi connectivity index (χ0) is 18.0. The number of amides is 1. The monoisotopic (exact) mass is 345 g/mol. The summed E-state index contributed by atoms with van der Waals surface area (Å²) in [5.74, 6) is -0.706. The van der Waals surface area contributed by atoms with Gasteiger partial charge in [-0.2, -0.15) is 5.10 Å². The van der Waals surface area contributed by atoms with E-state index in [0.717, 1.165) is 12.8 Å². The Morgan fingerprint density at radius 1 is 1.40 bits per heavy atom. The van der Waals surface area contributed by atoms with Crippen LogP contribution in [0.1, 0.15) is 40.0 Å². The highest BCUT2D eigenvalue weighted by Gasteiger charge is 2.32. The molecule has 0 bridgehead atoms. The van der Waals surface area contributed by atoms with Crippen molar-refractivity contribution in [1.29, 1.82) is 0 Å². The normalized spacial score (nSPS) is 16.9. The number of carbonyl (C=O) groups is 2. The number of likely N-dealkylation sites (tertiary alicyclic amines) is 1. The summed E-state index contributed by atoms with van der Waals surface area (Å²) < 4.78 is 20.7. The molecule has 1 atom stereocenters. The Morgan fingerprint density at radius 3 is 2.84 bits per heavy atom. The Balaban J connectivity index is 1.74. The molecule has 7 heteroatoms. The molecular weight excluding hydrogens is 325 g/mol. The highest BCUT2D eigenvalue weighted by atomic mass is 19.1. The van der Waals surface area contributed by atoms with Crippen LogP contribution in [0.4, 0.5) is 4.39 Å². The molecule has 0 saturated carbocycles. The van der Waals surface area contributed by atoms with Crippen LogP contribution in [0.25, 0.3) is 0 Å². The Bertz CT molecular complexity index is 803. The molecule has 25 heavy (non-hydrogen) atoms. The predicted molar refractivity (Wildman–Crippen MR) is 89.2 cm³/mol.